The molecule has 0 spiro atoms. The summed E-state index contributed by atoms with van der Waals surface area (Å²) in [6, 6.07) is 0. The molecule has 5 N–H and O–H groups in total. The molecule has 0 aliphatic carbocycles. The molecule has 4 atom stereocenters. The van der Waals surface area contributed by atoms with Crippen molar-refractivity contribution < 1.29 is 44.7 Å². The second kappa shape index (κ2) is 8.32. The van der Waals surface area contributed by atoms with Gasteiger partial charge >= 0.3 is 11.9 Å². The lowest BCUT2D eigenvalue weighted by Gasteiger charge is -2.25. The van der Waals surface area contributed by atoms with Crippen LogP contribution in [0.25, 0.3) is 0 Å². The molecule has 108 valence electrons. The van der Waals surface area contributed by atoms with Crippen molar-refractivity contribution in [2.24, 2.45) is 0 Å². The largest absolute Gasteiger partial charge is 0.478 e. The topological polar surface area (TPSA) is 162 Å². The third-order valence-electron chi connectivity index (χ3n) is 2.02. The predicted molar refractivity (Wildman–Crippen MR) is 57.8 cm³/mol. The molecule has 0 unspecified atom stereocenters. The van der Waals surface area contributed by atoms with Crippen molar-refractivity contribution in [2.45, 2.75) is 24.4 Å². The minimum Gasteiger partial charge on any atom is -0.478 e. The molecule has 0 bridgehead atoms. The van der Waals surface area contributed by atoms with Crippen molar-refractivity contribution in [3.63, 3.8) is 0 Å². The predicted octanol–water partition coefficient (Wildman–Crippen LogP) is -3.19. The quantitative estimate of drug-likeness (QED) is 0.175. The van der Waals surface area contributed by atoms with Crippen LogP contribution >= 0.6 is 0 Å². The van der Waals surface area contributed by atoms with Crippen LogP contribution in [0.4, 0.5) is 0 Å². The highest BCUT2D eigenvalue weighted by Gasteiger charge is 2.33. The Morgan fingerprint density at radius 2 is 1.68 bits per heavy atom. The van der Waals surface area contributed by atoms with Gasteiger partial charge in [-0.2, -0.15) is 0 Å². The van der Waals surface area contributed by atoms with Gasteiger partial charge in [0.05, 0.1) is 6.61 Å². The van der Waals surface area contributed by atoms with Gasteiger partial charge in [0.1, 0.15) is 18.3 Å². The average Bonchev–Trinajstić information content (AvgIpc) is 2.39. The molecule has 0 aliphatic heterocycles. The molecule has 0 aromatic rings. The maximum absolute atomic E-state index is 11.0. The number of carboxylic acid groups (broad SMARTS) is 1. The maximum Gasteiger partial charge on any atom is 0.331 e. The highest BCUT2D eigenvalue weighted by Crippen LogP contribution is 2.07. The van der Waals surface area contributed by atoms with Gasteiger partial charge in [-0.05, 0) is 0 Å². The van der Waals surface area contributed by atoms with Gasteiger partial charge in [-0.1, -0.05) is 0 Å². The van der Waals surface area contributed by atoms with E-state index in [1.807, 2.05) is 0 Å². The molecule has 0 rings (SSSR count). The van der Waals surface area contributed by atoms with E-state index in [1.54, 1.807) is 0 Å². The smallest absolute Gasteiger partial charge is 0.331 e. The second-order valence-corrected chi connectivity index (χ2v) is 3.44. The van der Waals surface area contributed by atoms with E-state index in [0.29, 0.717) is 12.2 Å². The molecule has 0 saturated carbocycles. The fourth-order valence-electron chi connectivity index (χ4n) is 1.02. The number of carboxylic acids is 1. The molecule has 0 aromatic carbocycles. The molecule has 0 saturated heterocycles. The summed E-state index contributed by atoms with van der Waals surface area (Å²) >= 11 is 0. The zero-order valence-electron chi connectivity index (χ0n) is 9.62. The number of carbonyl (C=O) groups excluding carboxylic acids is 2. The Bertz CT molecular complexity index is 351. The van der Waals surface area contributed by atoms with E-state index < -0.39 is 43.0 Å². The number of carbonyl (C=O) groups is 3. The fraction of sp³-hybridized carbons (Fsp3) is 0.500. The maximum atomic E-state index is 11.0. The van der Waals surface area contributed by atoms with Crippen molar-refractivity contribution >= 4 is 18.2 Å². The zero-order valence-corrected chi connectivity index (χ0v) is 9.62. The number of aldehydes is 1. The van der Waals surface area contributed by atoms with Crippen molar-refractivity contribution in [3.05, 3.63) is 12.2 Å². The first-order chi connectivity index (χ1) is 8.83. The van der Waals surface area contributed by atoms with Gasteiger partial charge < -0.3 is 30.3 Å². The summed E-state index contributed by atoms with van der Waals surface area (Å²) in [5, 5.41) is 44.6. The molecular formula is C10H14O9. The first-order valence-electron chi connectivity index (χ1n) is 5.05. The molecule has 0 aromatic heterocycles. The third-order valence-corrected chi connectivity index (χ3v) is 2.02. The standard InChI is InChI=1S/C10H14O9/c11-3-5(13)9(17)10(18)6(4-12)19-8(16)2-1-7(14)15/h1-2,4-6,9-11,13,17-18H,3H2,(H,14,15)/t5-,6+,9-,10-/m1/s1. The van der Waals surface area contributed by atoms with Gasteiger partial charge in [0.25, 0.3) is 0 Å². The van der Waals surface area contributed by atoms with Crippen LogP contribution in [-0.4, -0.2) is 74.8 Å². The van der Waals surface area contributed by atoms with Crippen LogP contribution in [0, 0.1) is 0 Å². The first kappa shape index (κ1) is 17.2. The van der Waals surface area contributed by atoms with E-state index in [4.69, 9.17) is 15.3 Å². The van der Waals surface area contributed by atoms with Crippen LogP contribution < -0.4 is 0 Å². The fourth-order valence-corrected chi connectivity index (χ4v) is 1.02. The van der Waals surface area contributed by atoms with Crippen molar-refractivity contribution in [2.75, 3.05) is 6.61 Å². The summed E-state index contributed by atoms with van der Waals surface area (Å²) in [5.41, 5.74) is 0. The monoisotopic (exact) mass is 278 g/mol. The van der Waals surface area contributed by atoms with Crippen molar-refractivity contribution in [1.29, 1.82) is 0 Å². The second-order valence-electron chi connectivity index (χ2n) is 3.44. The summed E-state index contributed by atoms with van der Waals surface area (Å²) in [7, 11) is 0. The lowest BCUT2D eigenvalue weighted by molar-refractivity contribution is -0.163. The lowest BCUT2D eigenvalue weighted by Crippen LogP contribution is -2.47. The Hall–Kier alpha value is -1.81. The zero-order chi connectivity index (χ0) is 15.0. The highest BCUT2D eigenvalue weighted by molar-refractivity contribution is 5.91. The molecule has 0 radical (unpaired) electrons. The number of hydrogen-bond acceptors (Lipinski definition) is 8. The van der Waals surface area contributed by atoms with E-state index in [1.165, 1.54) is 0 Å². The number of esters is 1. The van der Waals surface area contributed by atoms with Gasteiger partial charge in [0.15, 0.2) is 12.4 Å². The summed E-state index contributed by atoms with van der Waals surface area (Å²) in [5.74, 6) is -2.65. The molecule has 0 fully saturated rings. The van der Waals surface area contributed by atoms with Crippen LogP contribution in [0.15, 0.2) is 12.2 Å². The lowest BCUT2D eigenvalue weighted by atomic mass is 10.0. The summed E-state index contributed by atoms with van der Waals surface area (Å²) in [6.07, 6.45) is -6.49. The highest BCUT2D eigenvalue weighted by atomic mass is 16.6. The van der Waals surface area contributed by atoms with E-state index in [-0.39, 0.29) is 6.29 Å². The summed E-state index contributed by atoms with van der Waals surface area (Å²) < 4.78 is 4.37. The van der Waals surface area contributed by atoms with E-state index in [2.05, 4.69) is 4.74 Å². The number of rotatable bonds is 8. The molecule has 0 amide bonds. The van der Waals surface area contributed by atoms with Crippen LogP contribution in [0.5, 0.6) is 0 Å². The van der Waals surface area contributed by atoms with E-state index in [9.17, 15) is 24.6 Å². The Kier molecular flexibility index (Phi) is 7.53. The minimum atomic E-state index is -1.97. The van der Waals surface area contributed by atoms with Gasteiger partial charge in [0, 0.05) is 12.2 Å². The van der Waals surface area contributed by atoms with Crippen LogP contribution in [0.2, 0.25) is 0 Å². The number of aliphatic hydroxyl groups is 4. The number of aliphatic hydroxyl groups excluding tert-OH is 4. The van der Waals surface area contributed by atoms with E-state index >= 15 is 0 Å². The van der Waals surface area contributed by atoms with Crippen LogP contribution in [0.1, 0.15) is 0 Å². The summed E-state index contributed by atoms with van der Waals surface area (Å²) in [6.45, 7) is -0.878. The molecule has 0 heterocycles. The van der Waals surface area contributed by atoms with Gasteiger partial charge in [-0.15, -0.1) is 0 Å². The number of hydrogen-bond donors (Lipinski definition) is 5. The first-order valence-corrected chi connectivity index (χ1v) is 5.05. The van der Waals surface area contributed by atoms with Crippen molar-refractivity contribution in [1.82, 2.24) is 0 Å². The van der Waals surface area contributed by atoms with Gasteiger partial charge in [-0.25, -0.2) is 9.59 Å². The molecule has 19 heavy (non-hydrogen) atoms. The van der Waals surface area contributed by atoms with Gasteiger partial charge in [-0.3, -0.25) is 4.79 Å². The molecule has 9 nitrogen and oxygen atoms in total. The average molecular weight is 278 g/mol. The minimum absolute atomic E-state index is 0.00944. The Balaban J connectivity index is 4.61. The van der Waals surface area contributed by atoms with Crippen LogP contribution in [-0.2, 0) is 19.1 Å². The Morgan fingerprint density at radius 1 is 1.11 bits per heavy atom. The summed E-state index contributed by atoms with van der Waals surface area (Å²) in [4.78, 5) is 31.8. The van der Waals surface area contributed by atoms with E-state index in [0.717, 1.165) is 0 Å². The number of aliphatic carboxylic acids is 1. The molecular weight excluding hydrogens is 264 g/mol. The Morgan fingerprint density at radius 3 is 2.11 bits per heavy atom. The number of ether oxygens (including phenoxy) is 1. The normalized spacial score (nSPS) is 17.5. The van der Waals surface area contributed by atoms with Crippen LogP contribution in [0.3, 0.4) is 0 Å². The third kappa shape index (κ3) is 6.06. The SMILES string of the molecule is O=C[C@H](OC(=O)C=CC(=O)O)[C@@H](O)[C@H](O)[C@H](O)CO. The molecule has 9 heteroatoms. The van der Waals surface area contributed by atoms with Crippen molar-refractivity contribution in [3.8, 4) is 0 Å². The molecule has 0 aliphatic rings. The Labute approximate surface area is 107 Å². The van der Waals surface area contributed by atoms with Gasteiger partial charge in [0.2, 0.25) is 0 Å².